The molecule has 0 aliphatic rings. The van der Waals surface area contributed by atoms with Crippen molar-refractivity contribution >= 4 is 20.9 Å². The highest BCUT2D eigenvalue weighted by Crippen LogP contribution is 2.28. The van der Waals surface area contributed by atoms with Gasteiger partial charge in [-0.05, 0) is 53.6 Å². The molecule has 4 heteroatoms. The Labute approximate surface area is 133 Å². The van der Waals surface area contributed by atoms with Gasteiger partial charge in [0.15, 0.2) is 0 Å². The fourth-order valence-electron chi connectivity index (χ4n) is 2.80. The molecule has 0 unspecified atom stereocenters. The maximum atomic E-state index is 11.7. The van der Waals surface area contributed by atoms with Gasteiger partial charge in [0.05, 0.1) is 4.90 Å². The number of fused-ring (bicyclic) bond motifs is 1. The predicted octanol–water partition coefficient (Wildman–Crippen LogP) is 4.77. The van der Waals surface area contributed by atoms with Crippen molar-refractivity contribution < 1.29 is 13.0 Å². The highest BCUT2D eigenvalue weighted by Gasteiger charge is 2.17. The van der Waals surface area contributed by atoms with E-state index in [0.717, 1.165) is 48.4 Å². The summed E-state index contributed by atoms with van der Waals surface area (Å²) in [6, 6.07) is 9.54. The van der Waals surface area contributed by atoms with Crippen LogP contribution in [0.25, 0.3) is 10.8 Å². The van der Waals surface area contributed by atoms with Gasteiger partial charge in [-0.25, -0.2) is 0 Å². The smallest absolute Gasteiger partial charge is 0.282 e. The van der Waals surface area contributed by atoms with Crippen molar-refractivity contribution in [2.24, 2.45) is 0 Å². The summed E-state index contributed by atoms with van der Waals surface area (Å²) in [5.74, 6) is 0. The minimum atomic E-state index is -4.19. The zero-order valence-electron chi connectivity index (χ0n) is 13.3. The van der Waals surface area contributed by atoms with Crippen LogP contribution in [0.3, 0.4) is 0 Å². The molecule has 0 atom stereocenters. The Balaban J connectivity index is 2.61. The molecule has 2 rings (SSSR count). The van der Waals surface area contributed by atoms with Gasteiger partial charge in [-0.1, -0.05) is 51.0 Å². The minimum Gasteiger partial charge on any atom is -0.282 e. The molecule has 0 bridgehead atoms. The summed E-state index contributed by atoms with van der Waals surface area (Å²) in [4.78, 5) is 0.0566. The van der Waals surface area contributed by atoms with Crippen LogP contribution in [0.4, 0.5) is 0 Å². The van der Waals surface area contributed by atoms with E-state index in [1.54, 1.807) is 6.07 Å². The van der Waals surface area contributed by atoms with Gasteiger partial charge in [0.1, 0.15) is 0 Å². The van der Waals surface area contributed by atoms with E-state index < -0.39 is 10.1 Å². The Bertz CT molecular complexity index is 748. The number of benzene rings is 2. The van der Waals surface area contributed by atoms with Gasteiger partial charge in [-0.3, -0.25) is 4.55 Å². The van der Waals surface area contributed by atoms with Gasteiger partial charge in [-0.15, -0.1) is 0 Å². The minimum absolute atomic E-state index is 0.0566. The molecule has 0 aliphatic heterocycles. The van der Waals surface area contributed by atoms with E-state index in [-0.39, 0.29) is 4.90 Å². The third-order valence-corrected chi connectivity index (χ3v) is 4.97. The average Bonchev–Trinajstić information content (AvgIpc) is 2.49. The van der Waals surface area contributed by atoms with Crippen LogP contribution in [0.15, 0.2) is 35.2 Å². The van der Waals surface area contributed by atoms with E-state index in [9.17, 15) is 13.0 Å². The molecule has 0 aliphatic carbocycles. The molecule has 0 heterocycles. The SMILES string of the molecule is CCCCc1ccc2ccc(S(=O)(=O)O)c(CCCC)c2c1. The number of rotatable bonds is 7. The lowest BCUT2D eigenvalue weighted by atomic mass is 9.97. The number of hydrogen-bond donors (Lipinski definition) is 1. The van der Waals surface area contributed by atoms with Crippen molar-refractivity contribution in [2.45, 2.75) is 57.3 Å². The van der Waals surface area contributed by atoms with Gasteiger partial charge in [0.25, 0.3) is 10.1 Å². The van der Waals surface area contributed by atoms with E-state index in [0.29, 0.717) is 6.42 Å². The topological polar surface area (TPSA) is 54.4 Å². The second-order valence-corrected chi connectivity index (χ2v) is 7.17. The molecule has 120 valence electrons. The molecule has 0 aromatic heterocycles. The zero-order chi connectivity index (χ0) is 16.2. The molecule has 0 amide bonds. The maximum absolute atomic E-state index is 11.7. The van der Waals surface area contributed by atoms with Crippen molar-refractivity contribution in [2.75, 3.05) is 0 Å². The highest BCUT2D eigenvalue weighted by molar-refractivity contribution is 7.85. The third kappa shape index (κ3) is 3.87. The second-order valence-electron chi connectivity index (χ2n) is 5.78. The van der Waals surface area contributed by atoms with Crippen LogP contribution in [0.2, 0.25) is 0 Å². The summed E-state index contributed by atoms with van der Waals surface area (Å²) in [7, 11) is -4.19. The first kappa shape index (κ1) is 17.0. The summed E-state index contributed by atoms with van der Waals surface area (Å²) in [5, 5.41) is 1.98. The molecule has 0 radical (unpaired) electrons. The molecule has 22 heavy (non-hydrogen) atoms. The van der Waals surface area contributed by atoms with Crippen molar-refractivity contribution in [1.29, 1.82) is 0 Å². The Hall–Kier alpha value is -1.39. The van der Waals surface area contributed by atoms with Crippen LogP contribution >= 0.6 is 0 Å². The zero-order valence-corrected chi connectivity index (χ0v) is 14.1. The van der Waals surface area contributed by atoms with Crippen LogP contribution in [0.5, 0.6) is 0 Å². The van der Waals surface area contributed by atoms with Gasteiger partial charge in [0, 0.05) is 0 Å². The van der Waals surface area contributed by atoms with E-state index in [1.807, 2.05) is 6.07 Å². The first-order valence-electron chi connectivity index (χ1n) is 7.99. The van der Waals surface area contributed by atoms with Crippen LogP contribution < -0.4 is 0 Å². The standard InChI is InChI=1S/C18H24O3S/c1-3-5-7-14-9-10-15-11-12-18(22(19,20)21)16(8-6-4-2)17(15)13-14/h9-13H,3-8H2,1-2H3,(H,19,20,21). The molecule has 2 aromatic rings. The van der Waals surface area contributed by atoms with Crippen molar-refractivity contribution in [3.63, 3.8) is 0 Å². The number of hydrogen-bond acceptors (Lipinski definition) is 2. The number of aryl methyl sites for hydroxylation is 2. The Morgan fingerprint density at radius 3 is 2.23 bits per heavy atom. The Kier molecular flexibility index (Phi) is 5.59. The Morgan fingerprint density at radius 2 is 1.59 bits per heavy atom. The molecule has 1 N–H and O–H groups in total. The van der Waals surface area contributed by atoms with Gasteiger partial charge in [0.2, 0.25) is 0 Å². The van der Waals surface area contributed by atoms with E-state index in [1.165, 1.54) is 11.6 Å². The fraction of sp³-hybridized carbons (Fsp3) is 0.444. The molecular weight excluding hydrogens is 296 g/mol. The molecule has 3 nitrogen and oxygen atoms in total. The van der Waals surface area contributed by atoms with Crippen molar-refractivity contribution in [3.8, 4) is 0 Å². The first-order valence-corrected chi connectivity index (χ1v) is 9.43. The monoisotopic (exact) mass is 320 g/mol. The molecule has 0 saturated heterocycles. The normalized spacial score (nSPS) is 12.0. The van der Waals surface area contributed by atoms with Crippen LogP contribution in [-0.2, 0) is 23.0 Å². The molecular formula is C18H24O3S. The Morgan fingerprint density at radius 1 is 0.955 bits per heavy atom. The predicted molar refractivity (Wildman–Crippen MR) is 91.0 cm³/mol. The fourth-order valence-corrected chi connectivity index (χ4v) is 3.56. The van der Waals surface area contributed by atoms with Crippen LogP contribution in [0, 0.1) is 0 Å². The van der Waals surface area contributed by atoms with Crippen molar-refractivity contribution in [3.05, 3.63) is 41.5 Å². The maximum Gasteiger partial charge on any atom is 0.294 e. The lowest BCUT2D eigenvalue weighted by Crippen LogP contribution is -2.04. The lowest BCUT2D eigenvalue weighted by Gasteiger charge is -2.12. The largest absolute Gasteiger partial charge is 0.294 e. The summed E-state index contributed by atoms with van der Waals surface area (Å²) in [6.07, 6.45) is 5.80. The summed E-state index contributed by atoms with van der Waals surface area (Å²) < 4.78 is 32.9. The van der Waals surface area contributed by atoms with Gasteiger partial charge < -0.3 is 0 Å². The van der Waals surface area contributed by atoms with Crippen molar-refractivity contribution in [1.82, 2.24) is 0 Å². The van der Waals surface area contributed by atoms with E-state index in [4.69, 9.17) is 0 Å². The summed E-state index contributed by atoms with van der Waals surface area (Å²) >= 11 is 0. The lowest BCUT2D eigenvalue weighted by molar-refractivity contribution is 0.482. The third-order valence-electron chi connectivity index (χ3n) is 4.03. The summed E-state index contributed by atoms with van der Waals surface area (Å²) in [6.45, 7) is 4.23. The number of unbranched alkanes of at least 4 members (excludes halogenated alkanes) is 2. The second kappa shape index (κ2) is 7.25. The van der Waals surface area contributed by atoms with Gasteiger partial charge in [-0.2, -0.15) is 8.42 Å². The van der Waals surface area contributed by atoms with Crippen LogP contribution in [-0.4, -0.2) is 13.0 Å². The molecule has 0 spiro atoms. The van der Waals surface area contributed by atoms with Gasteiger partial charge >= 0.3 is 0 Å². The average molecular weight is 320 g/mol. The molecule has 0 saturated carbocycles. The van der Waals surface area contributed by atoms with E-state index in [2.05, 4.69) is 26.0 Å². The van der Waals surface area contributed by atoms with Crippen LogP contribution in [0.1, 0.15) is 50.7 Å². The molecule has 2 aromatic carbocycles. The first-order chi connectivity index (χ1) is 10.5. The highest BCUT2D eigenvalue weighted by atomic mass is 32.2. The summed E-state index contributed by atoms with van der Waals surface area (Å²) in [5.41, 5.74) is 1.97. The quantitative estimate of drug-likeness (QED) is 0.747. The molecule has 0 fully saturated rings. The van der Waals surface area contributed by atoms with E-state index >= 15 is 0 Å².